The number of para-hydroxylation sites is 1. The third kappa shape index (κ3) is 5.18. The third-order valence-electron chi connectivity index (χ3n) is 11.0. The standard InChI is InChI=1S/C51H32NO2PS/c53-55(37-14-3-1-4-15-37,38-16-5-2-6-17-38)39-18-11-13-35(31-39)33-25-27-34(28-26-33)50-51-49(42-20-7-9-23-45(42)54-51)48-40(21-12-22-44(48)52-50)36-29-30-47-43(32-36)41-19-8-10-24-46(41)56-47/h1-32H. The highest BCUT2D eigenvalue weighted by molar-refractivity contribution is 7.85. The van der Waals surface area contributed by atoms with Crippen molar-refractivity contribution in [3.05, 3.63) is 194 Å². The van der Waals surface area contributed by atoms with Crippen molar-refractivity contribution in [3.63, 3.8) is 0 Å². The van der Waals surface area contributed by atoms with Crippen LogP contribution in [0.5, 0.6) is 0 Å². The van der Waals surface area contributed by atoms with Crippen molar-refractivity contribution >= 4 is 87.4 Å². The summed E-state index contributed by atoms with van der Waals surface area (Å²) in [7, 11) is -3.12. The molecule has 8 aromatic carbocycles. The molecule has 11 rings (SSSR count). The SMILES string of the molecule is O=P(c1ccccc1)(c1ccccc1)c1cccc(-c2ccc(-c3nc4cccc(-c5ccc6sc7ccccc7c6c5)c4c4c3oc3ccccc34)cc2)c1. The van der Waals surface area contributed by atoms with Gasteiger partial charge in [-0.05, 0) is 58.7 Å². The quantitative estimate of drug-likeness (QED) is 0.159. The van der Waals surface area contributed by atoms with Crippen LogP contribution in [0.2, 0.25) is 0 Å². The summed E-state index contributed by atoms with van der Waals surface area (Å²) < 4.78 is 24.4. The second-order valence-corrected chi connectivity index (χ2v) is 18.0. The minimum atomic E-state index is -3.12. The molecular weight excluding hydrogens is 722 g/mol. The molecule has 0 spiro atoms. The van der Waals surface area contributed by atoms with Gasteiger partial charge < -0.3 is 8.98 Å². The minimum absolute atomic E-state index is 0.773. The van der Waals surface area contributed by atoms with Crippen molar-refractivity contribution in [1.82, 2.24) is 4.98 Å². The fraction of sp³-hybridized carbons (Fsp3) is 0. The predicted molar refractivity (Wildman–Crippen MR) is 238 cm³/mol. The van der Waals surface area contributed by atoms with Gasteiger partial charge in [0.2, 0.25) is 0 Å². The van der Waals surface area contributed by atoms with Crippen LogP contribution in [0.15, 0.2) is 199 Å². The van der Waals surface area contributed by atoms with E-state index in [0.29, 0.717) is 0 Å². The zero-order chi connectivity index (χ0) is 37.2. The van der Waals surface area contributed by atoms with E-state index < -0.39 is 7.14 Å². The fourth-order valence-electron chi connectivity index (χ4n) is 8.28. The molecule has 0 saturated carbocycles. The van der Waals surface area contributed by atoms with E-state index >= 15 is 4.57 Å². The van der Waals surface area contributed by atoms with Crippen molar-refractivity contribution in [2.75, 3.05) is 0 Å². The molecule has 0 bridgehead atoms. The summed E-state index contributed by atoms with van der Waals surface area (Å²) in [6, 6.07) is 66.5. The van der Waals surface area contributed by atoms with E-state index in [-0.39, 0.29) is 0 Å². The van der Waals surface area contributed by atoms with Crippen LogP contribution in [0.1, 0.15) is 0 Å². The molecule has 56 heavy (non-hydrogen) atoms. The molecule has 0 saturated heterocycles. The van der Waals surface area contributed by atoms with Crippen molar-refractivity contribution < 1.29 is 8.98 Å². The lowest BCUT2D eigenvalue weighted by Gasteiger charge is -2.20. The Balaban J connectivity index is 1.05. The first-order chi connectivity index (χ1) is 27.6. The van der Waals surface area contributed by atoms with E-state index in [4.69, 9.17) is 9.40 Å². The Morgan fingerprint density at radius 3 is 1.86 bits per heavy atom. The first-order valence-electron chi connectivity index (χ1n) is 18.7. The third-order valence-corrected chi connectivity index (χ3v) is 15.2. The Morgan fingerprint density at radius 2 is 1.07 bits per heavy atom. The molecule has 5 heteroatoms. The summed E-state index contributed by atoms with van der Waals surface area (Å²) in [5.41, 5.74) is 8.62. The van der Waals surface area contributed by atoms with Crippen LogP contribution in [-0.2, 0) is 4.57 Å². The van der Waals surface area contributed by atoms with Gasteiger partial charge in [-0.3, -0.25) is 0 Å². The van der Waals surface area contributed by atoms with Gasteiger partial charge in [0.05, 0.1) is 5.52 Å². The molecule has 0 atom stereocenters. The summed E-state index contributed by atoms with van der Waals surface area (Å²) in [4.78, 5) is 5.34. The number of nitrogens with zero attached hydrogens (tertiary/aromatic N) is 1. The number of hydrogen-bond donors (Lipinski definition) is 0. The summed E-state index contributed by atoms with van der Waals surface area (Å²) in [5, 5.41) is 8.22. The molecular formula is C51H32NO2PS. The maximum absolute atomic E-state index is 15.1. The van der Waals surface area contributed by atoms with Crippen molar-refractivity contribution in [3.8, 4) is 33.5 Å². The number of furan rings is 1. The lowest BCUT2D eigenvalue weighted by atomic mass is 9.94. The molecule has 3 nitrogen and oxygen atoms in total. The van der Waals surface area contributed by atoms with Crippen LogP contribution in [0.3, 0.4) is 0 Å². The Bertz CT molecular complexity index is 3290. The first-order valence-corrected chi connectivity index (χ1v) is 21.2. The van der Waals surface area contributed by atoms with Gasteiger partial charge in [-0.25, -0.2) is 4.98 Å². The minimum Gasteiger partial charge on any atom is -0.454 e. The average Bonchev–Trinajstić information content (AvgIpc) is 3.85. The Morgan fingerprint density at radius 1 is 0.446 bits per heavy atom. The van der Waals surface area contributed by atoms with E-state index in [1.54, 1.807) is 0 Å². The van der Waals surface area contributed by atoms with Gasteiger partial charge in [-0.15, -0.1) is 11.3 Å². The zero-order valence-electron chi connectivity index (χ0n) is 30.1. The summed E-state index contributed by atoms with van der Waals surface area (Å²) in [6.45, 7) is 0. The number of benzene rings is 8. The van der Waals surface area contributed by atoms with E-state index in [0.717, 1.165) is 82.3 Å². The highest BCUT2D eigenvalue weighted by Crippen LogP contribution is 2.45. The smallest absolute Gasteiger partial charge is 0.171 e. The molecule has 0 amide bonds. The van der Waals surface area contributed by atoms with Crippen molar-refractivity contribution in [1.29, 1.82) is 0 Å². The van der Waals surface area contributed by atoms with E-state index in [1.165, 1.54) is 20.2 Å². The number of thiophene rings is 1. The summed E-state index contributed by atoms with van der Waals surface area (Å²) in [6.07, 6.45) is 0. The van der Waals surface area contributed by atoms with E-state index in [9.17, 15) is 0 Å². The Kier molecular flexibility index (Phi) is 7.63. The molecule has 0 N–H and O–H groups in total. The molecule has 0 aliphatic carbocycles. The largest absolute Gasteiger partial charge is 0.454 e. The zero-order valence-corrected chi connectivity index (χ0v) is 31.8. The lowest BCUT2D eigenvalue weighted by molar-refractivity contribution is 0.592. The lowest BCUT2D eigenvalue weighted by Crippen LogP contribution is -2.25. The molecule has 0 aliphatic rings. The normalized spacial score (nSPS) is 12.0. The van der Waals surface area contributed by atoms with Gasteiger partial charge in [0.1, 0.15) is 11.3 Å². The van der Waals surface area contributed by atoms with Crippen molar-refractivity contribution in [2.45, 2.75) is 0 Å². The number of hydrogen-bond acceptors (Lipinski definition) is 4. The van der Waals surface area contributed by atoms with E-state index in [2.05, 4.69) is 109 Å². The second kappa shape index (κ2) is 13.0. The second-order valence-electron chi connectivity index (χ2n) is 14.2. The summed E-state index contributed by atoms with van der Waals surface area (Å²) in [5.74, 6) is 0. The topological polar surface area (TPSA) is 43.1 Å². The van der Waals surface area contributed by atoms with E-state index in [1.807, 2.05) is 96.3 Å². The highest BCUT2D eigenvalue weighted by atomic mass is 32.1. The van der Waals surface area contributed by atoms with Crippen molar-refractivity contribution in [2.24, 2.45) is 0 Å². The van der Waals surface area contributed by atoms with Crippen LogP contribution in [0.4, 0.5) is 0 Å². The molecule has 3 heterocycles. The number of rotatable bonds is 6. The predicted octanol–water partition coefficient (Wildman–Crippen LogP) is 13.1. The highest BCUT2D eigenvalue weighted by Gasteiger charge is 2.30. The Labute approximate surface area is 327 Å². The van der Waals surface area contributed by atoms with Gasteiger partial charge in [0.25, 0.3) is 0 Å². The molecule has 264 valence electrons. The van der Waals surface area contributed by atoms with Gasteiger partial charge in [-0.2, -0.15) is 0 Å². The van der Waals surface area contributed by atoms with Gasteiger partial charge in [-0.1, -0.05) is 158 Å². The van der Waals surface area contributed by atoms with Crippen LogP contribution in [-0.4, -0.2) is 4.98 Å². The number of aromatic nitrogens is 1. The van der Waals surface area contributed by atoms with Crippen LogP contribution in [0, 0.1) is 0 Å². The Hall–Kier alpha value is -6.58. The number of fused-ring (bicyclic) bond motifs is 8. The maximum Gasteiger partial charge on any atom is 0.171 e. The van der Waals surface area contributed by atoms with Gasteiger partial charge >= 0.3 is 0 Å². The fourth-order valence-corrected chi connectivity index (χ4v) is 12.1. The molecule has 0 aliphatic heterocycles. The molecule has 11 aromatic rings. The molecule has 0 fully saturated rings. The van der Waals surface area contributed by atoms with Gasteiger partial charge in [0, 0.05) is 57.8 Å². The molecule has 0 radical (unpaired) electrons. The average molecular weight is 754 g/mol. The van der Waals surface area contributed by atoms with Crippen LogP contribution >= 0.6 is 18.5 Å². The molecule has 0 unspecified atom stereocenters. The van der Waals surface area contributed by atoms with Gasteiger partial charge in [0.15, 0.2) is 12.7 Å². The summed E-state index contributed by atoms with van der Waals surface area (Å²) >= 11 is 1.83. The first kappa shape index (κ1) is 32.8. The van der Waals surface area contributed by atoms with Crippen LogP contribution < -0.4 is 15.9 Å². The molecule has 3 aromatic heterocycles. The monoisotopic (exact) mass is 753 g/mol. The number of pyridine rings is 1. The van der Waals surface area contributed by atoms with Crippen LogP contribution in [0.25, 0.3) is 86.5 Å². The maximum atomic E-state index is 15.1.